The summed E-state index contributed by atoms with van der Waals surface area (Å²) in [6.45, 7) is 8.18. The molecule has 2 aromatic rings. The van der Waals surface area contributed by atoms with E-state index >= 15 is 0 Å². The number of hydrogen-bond acceptors (Lipinski definition) is 6. The summed E-state index contributed by atoms with van der Waals surface area (Å²) >= 11 is 1.50. The van der Waals surface area contributed by atoms with Crippen LogP contribution in [0.15, 0.2) is 33.9 Å². The summed E-state index contributed by atoms with van der Waals surface area (Å²) in [5, 5.41) is 8.55. The second-order valence-electron chi connectivity index (χ2n) is 5.71. The van der Waals surface area contributed by atoms with Gasteiger partial charge in [0.1, 0.15) is 5.75 Å². The van der Waals surface area contributed by atoms with Crippen LogP contribution in [0.25, 0.3) is 0 Å². The first-order valence-corrected chi connectivity index (χ1v) is 8.84. The minimum Gasteiger partial charge on any atom is -0.484 e. The highest BCUT2D eigenvalue weighted by molar-refractivity contribution is 7.99. The van der Waals surface area contributed by atoms with Crippen LogP contribution in [-0.2, 0) is 11.3 Å². The lowest BCUT2D eigenvalue weighted by atomic mass is 10.1. The van der Waals surface area contributed by atoms with Gasteiger partial charge in [-0.3, -0.25) is 0 Å². The third kappa shape index (κ3) is 7.05. The first-order chi connectivity index (χ1) is 11.1. The van der Waals surface area contributed by atoms with Gasteiger partial charge >= 0.3 is 0 Å². The quantitative estimate of drug-likeness (QED) is 0.481. The number of aromatic nitrogens is 2. The molecule has 1 heterocycles. The highest BCUT2D eigenvalue weighted by atomic mass is 32.2. The van der Waals surface area contributed by atoms with E-state index in [1.54, 1.807) is 0 Å². The van der Waals surface area contributed by atoms with Gasteiger partial charge < -0.3 is 13.9 Å². The van der Waals surface area contributed by atoms with E-state index in [9.17, 15) is 0 Å². The largest absolute Gasteiger partial charge is 0.484 e. The highest BCUT2D eigenvalue weighted by Crippen LogP contribution is 2.18. The van der Waals surface area contributed by atoms with Gasteiger partial charge in [-0.15, -0.1) is 10.2 Å². The van der Waals surface area contributed by atoms with Gasteiger partial charge in [0.05, 0.1) is 6.61 Å². The topological polar surface area (TPSA) is 57.4 Å². The van der Waals surface area contributed by atoms with Crippen molar-refractivity contribution in [1.29, 1.82) is 0 Å². The Morgan fingerprint density at radius 2 is 2.09 bits per heavy atom. The average molecular weight is 336 g/mol. The number of hydrogen-bond donors (Lipinski definition) is 0. The van der Waals surface area contributed by atoms with Crippen LogP contribution in [0, 0.1) is 12.8 Å². The summed E-state index contributed by atoms with van der Waals surface area (Å²) in [6.07, 6.45) is 1.09. The van der Waals surface area contributed by atoms with Crippen LogP contribution in [-0.4, -0.2) is 29.2 Å². The highest BCUT2D eigenvalue weighted by Gasteiger charge is 2.07. The van der Waals surface area contributed by atoms with E-state index in [0.29, 0.717) is 23.6 Å². The molecule has 0 saturated heterocycles. The Morgan fingerprint density at radius 3 is 2.87 bits per heavy atom. The monoisotopic (exact) mass is 336 g/mol. The Kier molecular flexibility index (Phi) is 7.42. The summed E-state index contributed by atoms with van der Waals surface area (Å²) in [6, 6.07) is 7.87. The predicted octanol–water partition coefficient (Wildman–Crippen LogP) is 4.11. The molecule has 0 amide bonds. The third-order valence-corrected chi connectivity index (χ3v) is 3.88. The van der Waals surface area contributed by atoms with Gasteiger partial charge in [0.25, 0.3) is 11.1 Å². The van der Waals surface area contributed by atoms with Gasteiger partial charge in [0.15, 0.2) is 6.61 Å². The molecule has 0 aliphatic rings. The smallest absolute Gasteiger partial charge is 0.276 e. The number of thioether (sulfide) groups is 1. The van der Waals surface area contributed by atoms with E-state index in [0.717, 1.165) is 30.1 Å². The molecule has 0 radical (unpaired) electrons. The molecule has 0 spiro atoms. The maximum atomic E-state index is 5.64. The Labute approximate surface area is 141 Å². The molecule has 23 heavy (non-hydrogen) atoms. The zero-order valence-electron chi connectivity index (χ0n) is 13.9. The minimum absolute atomic E-state index is 0.280. The normalized spacial score (nSPS) is 11.1. The minimum atomic E-state index is 0.280. The van der Waals surface area contributed by atoms with Gasteiger partial charge in [0.2, 0.25) is 0 Å². The van der Waals surface area contributed by atoms with Crippen molar-refractivity contribution < 1.29 is 13.9 Å². The Bertz CT molecular complexity index is 587. The van der Waals surface area contributed by atoms with Crippen molar-refractivity contribution in [1.82, 2.24) is 10.2 Å². The van der Waals surface area contributed by atoms with E-state index in [4.69, 9.17) is 13.9 Å². The lowest BCUT2D eigenvalue weighted by Crippen LogP contribution is -2.02. The molecule has 1 aromatic carbocycles. The number of ether oxygens (including phenoxy) is 2. The van der Waals surface area contributed by atoms with Crippen molar-refractivity contribution in [3.05, 3.63) is 35.7 Å². The molecule has 0 unspecified atom stereocenters. The lowest BCUT2D eigenvalue weighted by Gasteiger charge is -2.05. The van der Waals surface area contributed by atoms with Crippen molar-refractivity contribution >= 4 is 11.8 Å². The molecular formula is C17H24N2O3S. The summed E-state index contributed by atoms with van der Waals surface area (Å²) in [7, 11) is 0. The van der Waals surface area contributed by atoms with Gasteiger partial charge in [-0.1, -0.05) is 37.7 Å². The maximum absolute atomic E-state index is 5.64. The molecule has 0 N–H and O–H groups in total. The second-order valence-corrected chi connectivity index (χ2v) is 6.76. The van der Waals surface area contributed by atoms with E-state index in [1.807, 2.05) is 31.2 Å². The number of rotatable bonds is 10. The molecular weight excluding hydrogens is 312 g/mol. The summed E-state index contributed by atoms with van der Waals surface area (Å²) in [5.41, 5.74) is 1.15. The van der Waals surface area contributed by atoms with Crippen LogP contribution in [0.5, 0.6) is 5.75 Å². The molecule has 0 aliphatic heterocycles. The number of aryl methyl sites for hydroxylation is 1. The van der Waals surface area contributed by atoms with Crippen LogP contribution in [0.3, 0.4) is 0 Å². The SMILES string of the molecule is Cc1cccc(OCc2nnc(SCCOCCC(C)C)o2)c1. The van der Waals surface area contributed by atoms with Crippen molar-refractivity contribution in [3.63, 3.8) is 0 Å². The van der Waals surface area contributed by atoms with E-state index in [2.05, 4.69) is 24.0 Å². The van der Waals surface area contributed by atoms with Crippen molar-refractivity contribution in [2.24, 2.45) is 5.92 Å². The fraction of sp³-hybridized carbons (Fsp3) is 0.529. The Morgan fingerprint density at radius 1 is 1.22 bits per heavy atom. The van der Waals surface area contributed by atoms with E-state index < -0.39 is 0 Å². The molecule has 6 heteroatoms. The van der Waals surface area contributed by atoms with Gasteiger partial charge in [-0.2, -0.15) is 0 Å². The van der Waals surface area contributed by atoms with Gasteiger partial charge in [-0.25, -0.2) is 0 Å². The van der Waals surface area contributed by atoms with Crippen LogP contribution >= 0.6 is 11.8 Å². The van der Waals surface area contributed by atoms with Crippen molar-refractivity contribution in [3.8, 4) is 5.75 Å². The first-order valence-electron chi connectivity index (χ1n) is 7.86. The van der Waals surface area contributed by atoms with Crippen molar-refractivity contribution in [2.45, 2.75) is 39.0 Å². The Hall–Kier alpha value is -1.53. The Balaban J connectivity index is 1.65. The predicted molar refractivity (Wildman–Crippen MR) is 90.8 cm³/mol. The van der Waals surface area contributed by atoms with Gasteiger partial charge in [0, 0.05) is 12.4 Å². The van der Waals surface area contributed by atoms with Crippen LogP contribution < -0.4 is 4.74 Å². The van der Waals surface area contributed by atoms with E-state index in [-0.39, 0.29) is 6.61 Å². The summed E-state index contributed by atoms with van der Waals surface area (Å²) in [5.74, 6) is 2.76. The van der Waals surface area contributed by atoms with E-state index in [1.165, 1.54) is 11.8 Å². The maximum Gasteiger partial charge on any atom is 0.276 e. The summed E-state index contributed by atoms with van der Waals surface area (Å²) in [4.78, 5) is 0. The molecule has 126 valence electrons. The number of nitrogens with zero attached hydrogens (tertiary/aromatic N) is 2. The average Bonchev–Trinajstić information content (AvgIpc) is 2.96. The standard InChI is InChI=1S/C17H24N2O3S/c1-13(2)7-8-20-9-10-23-17-19-18-16(22-17)12-21-15-6-4-5-14(3)11-15/h4-6,11,13H,7-10,12H2,1-3H3. The molecule has 1 aromatic heterocycles. The molecule has 2 rings (SSSR count). The molecule has 0 bridgehead atoms. The van der Waals surface area contributed by atoms with Gasteiger partial charge in [-0.05, 0) is 37.0 Å². The van der Waals surface area contributed by atoms with Crippen molar-refractivity contribution in [2.75, 3.05) is 19.0 Å². The zero-order chi connectivity index (χ0) is 16.5. The lowest BCUT2D eigenvalue weighted by molar-refractivity contribution is 0.138. The molecule has 0 saturated carbocycles. The molecule has 0 atom stereocenters. The molecule has 5 nitrogen and oxygen atoms in total. The van der Waals surface area contributed by atoms with Crippen LogP contribution in [0.4, 0.5) is 0 Å². The number of benzene rings is 1. The molecule has 0 fully saturated rings. The first kappa shape index (κ1) is 17.8. The summed E-state index contributed by atoms with van der Waals surface area (Å²) < 4.78 is 16.7. The van der Waals surface area contributed by atoms with Crippen LogP contribution in [0.2, 0.25) is 0 Å². The van der Waals surface area contributed by atoms with Crippen LogP contribution in [0.1, 0.15) is 31.7 Å². The zero-order valence-corrected chi connectivity index (χ0v) is 14.8. The third-order valence-electron chi connectivity index (χ3n) is 3.09. The fourth-order valence-corrected chi connectivity index (χ4v) is 2.44. The second kappa shape index (κ2) is 9.57. The fourth-order valence-electron chi connectivity index (χ4n) is 1.81. The molecule has 0 aliphatic carbocycles.